The van der Waals surface area contributed by atoms with Crippen molar-refractivity contribution in [3.8, 4) is 0 Å². The van der Waals surface area contributed by atoms with E-state index in [1.807, 2.05) is 24.3 Å². The Balaban J connectivity index is 1.47. The molecule has 1 aliphatic heterocycles. The van der Waals surface area contributed by atoms with Crippen molar-refractivity contribution >= 4 is 22.7 Å². The molecule has 1 fully saturated rings. The summed E-state index contributed by atoms with van der Waals surface area (Å²) in [6.45, 7) is 4.28. The summed E-state index contributed by atoms with van der Waals surface area (Å²) in [6.07, 6.45) is 1.21. The number of hydrogen-bond donors (Lipinski definition) is 4. The van der Waals surface area contributed by atoms with Crippen molar-refractivity contribution < 1.29 is 9.59 Å². The summed E-state index contributed by atoms with van der Waals surface area (Å²) >= 11 is 0. The molecule has 1 aliphatic rings. The summed E-state index contributed by atoms with van der Waals surface area (Å²) in [7, 11) is 0. The molecule has 3 rings (SSSR count). The Labute approximate surface area is 140 Å². The van der Waals surface area contributed by atoms with Gasteiger partial charge >= 0.3 is 0 Å². The number of amides is 2. The van der Waals surface area contributed by atoms with E-state index in [2.05, 4.69) is 33.1 Å². The summed E-state index contributed by atoms with van der Waals surface area (Å²) in [4.78, 5) is 24.2. The molecule has 2 heterocycles. The number of nitrogens with zero attached hydrogens (tertiary/aromatic N) is 1. The Hall–Kier alpha value is -2.41. The van der Waals surface area contributed by atoms with E-state index < -0.39 is 0 Å². The minimum atomic E-state index is -0.268. The van der Waals surface area contributed by atoms with Crippen LogP contribution in [0.5, 0.6) is 0 Å². The van der Waals surface area contributed by atoms with Gasteiger partial charge in [-0.3, -0.25) is 14.7 Å². The van der Waals surface area contributed by atoms with Crippen LogP contribution in [0, 0.1) is 5.92 Å². The molecule has 0 aliphatic carbocycles. The van der Waals surface area contributed by atoms with Crippen molar-refractivity contribution in [2.75, 3.05) is 19.6 Å². The lowest BCUT2D eigenvalue weighted by atomic mass is 9.95. The second-order valence-electron chi connectivity index (χ2n) is 6.27. The number of fused-ring (bicyclic) bond motifs is 1. The van der Waals surface area contributed by atoms with Crippen LogP contribution < -0.4 is 16.0 Å². The quantitative estimate of drug-likeness (QED) is 0.652. The molecule has 7 nitrogen and oxygen atoms in total. The predicted octanol–water partition coefficient (Wildman–Crippen LogP) is 0.797. The Bertz CT molecular complexity index is 727. The molecule has 128 valence electrons. The molecule has 4 N–H and O–H groups in total. The standard InChI is InChI=1S/C17H23N5O2/c1-11-10-18-8-6-13(11)20-15(23)7-9-19-17(24)16-12-4-2-3-5-14(12)21-22-16/h2-5,11,13,18H,6-10H2,1H3,(H,19,24)(H,20,23)(H,21,22). The average Bonchev–Trinajstić information content (AvgIpc) is 3.01. The molecule has 0 bridgehead atoms. The smallest absolute Gasteiger partial charge is 0.272 e. The highest BCUT2D eigenvalue weighted by atomic mass is 16.2. The lowest BCUT2D eigenvalue weighted by Crippen LogP contribution is -2.48. The van der Waals surface area contributed by atoms with Gasteiger partial charge in [-0.15, -0.1) is 0 Å². The van der Waals surface area contributed by atoms with Gasteiger partial charge in [0.25, 0.3) is 5.91 Å². The van der Waals surface area contributed by atoms with Crippen LogP contribution in [0.1, 0.15) is 30.3 Å². The zero-order valence-electron chi connectivity index (χ0n) is 13.8. The van der Waals surface area contributed by atoms with Crippen molar-refractivity contribution in [3.63, 3.8) is 0 Å². The number of carbonyl (C=O) groups excluding carboxylic acids is 2. The predicted molar refractivity (Wildman–Crippen MR) is 91.6 cm³/mol. The molecule has 0 spiro atoms. The lowest BCUT2D eigenvalue weighted by Gasteiger charge is -2.30. The van der Waals surface area contributed by atoms with E-state index in [9.17, 15) is 9.59 Å². The highest BCUT2D eigenvalue weighted by Gasteiger charge is 2.22. The van der Waals surface area contributed by atoms with Gasteiger partial charge in [0.15, 0.2) is 5.69 Å². The number of aromatic nitrogens is 2. The van der Waals surface area contributed by atoms with Crippen molar-refractivity contribution in [3.05, 3.63) is 30.0 Å². The Morgan fingerprint density at radius 3 is 3.00 bits per heavy atom. The van der Waals surface area contributed by atoms with Gasteiger partial charge in [-0.25, -0.2) is 0 Å². The molecule has 1 aromatic carbocycles. The number of hydrogen-bond acceptors (Lipinski definition) is 4. The molecule has 1 aromatic heterocycles. The van der Waals surface area contributed by atoms with Crippen LogP contribution in [-0.2, 0) is 4.79 Å². The number of benzene rings is 1. The Kier molecular flexibility index (Phi) is 5.10. The number of carbonyl (C=O) groups is 2. The third kappa shape index (κ3) is 3.73. The molecule has 7 heteroatoms. The van der Waals surface area contributed by atoms with Gasteiger partial charge in [0.05, 0.1) is 5.52 Å². The lowest BCUT2D eigenvalue weighted by molar-refractivity contribution is -0.122. The fraction of sp³-hybridized carbons (Fsp3) is 0.471. The van der Waals surface area contributed by atoms with Crippen molar-refractivity contribution in [1.29, 1.82) is 0 Å². The summed E-state index contributed by atoms with van der Waals surface area (Å²) in [5.74, 6) is 0.129. The number of piperidine rings is 1. The van der Waals surface area contributed by atoms with Gasteiger partial charge in [0.1, 0.15) is 0 Å². The molecule has 2 aromatic rings. The van der Waals surface area contributed by atoms with E-state index >= 15 is 0 Å². The van der Waals surface area contributed by atoms with Crippen LogP contribution in [0.4, 0.5) is 0 Å². The molecule has 0 saturated carbocycles. The van der Waals surface area contributed by atoms with E-state index in [1.165, 1.54) is 0 Å². The highest BCUT2D eigenvalue weighted by molar-refractivity contribution is 6.04. The highest BCUT2D eigenvalue weighted by Crippen LogP contribution is 2.14. The van der Waals surface area contributed by atoms with Gasteiger partial charge in [-0.05, 0) is 31.5 Å². The summed E-state index contributed by atoms with van der Waals surface area (Å²) in [5.41, 5.74) is 1.18. The van der Waals surface area contributed by atoms with Gasteiger partial charge in [0.2, 0.25) is 5.91 Å². The number of para-hydroxylation sites is 1. The molecule has 2 amide bonds. The molecule has 2 unspecified atom stereocenters. The van der Waals surface area contributed by atoms with E-state index in [0.29, 0.717) is 18.2 Å². The van der Waals surface area contributed by atoms with Gasteiger partial charge in [0, 0.05) is 24.4 Å². The maximum Gasteiger partial charge on any atom is 0.272 e. The maximum absolute atomic E-state index is 12.2. The second kappa shape index (κ2) is 7.44. The average molecular weight is 329 g/mol. The first-order valence-corrected chi connectivity index (χ1v) is 8.36. The SMILES string of the molecule is CC1CNCCC1NC(=O)CCNC(=O)c1n[nH]c2ccccc12. The summed E-state index contributed by atoms with van der Waals surface area (Å²) in [6, 6.07) is 7.67. The zero-order chi connectivity index (χ0) is 16.9. The van der Waals surface area contributed by atoms with Crippen LogP contribution in [0.2, 0.25) is 0 Å². The third-order valence-electron chi connectivity index (χ3n) is 4.45. The molecule has 0 radical (unpaired) electrons. The van der Waals surface area contributed by atoms with Crippen LogP contribution in [0.25, 0.3) is 10.9 Å². The Morgan fingerprint density at radius 2 is 2.17 bits per heavy atom. The monoisotopic (exact) mass is 329 g/mol. The molecule has 1 saturated heterocycles. The summed E-state index contributed by atoms with van der Waals surface area (Å²) < 4.78 is 0. The normalized spacial score (nSPS) is 20.7. The topological polar surface area (TPSA) is 98.9 Å². The minimum Gasteiger partial charge on any atom is -0.353 e. The van der Waals surface area contributed by atoms with E-state index in [-0.39, 0.29) is 24.3 Å². The third-order valence-corrected chi connectivity index (χ3v) is 4.45. The van der Waals surface area contributed by atoms with Crippen LogP contribution in [-0.4, -0.2) is 47.7 Å². The van der Waals surface area contributed by atoms with Gasteiger partial charge in [-0.2, -0.15) is 5.10 Å². The number of aromatic amines is 1. The minimum absolute atomic E-state index is 0.0269. The summed E-state index contributed by atoms with van der Waals surface area (Å²) in [5, 5.41) is 16.8. The second-order valence-corrected chi connectivity index (χ2v) is 6.27. The van der Waals surface area contributed by atoms with Crippen molar-refractivity contribution in [1.82, 2.24) is 26.1 Å². The van der Waals surface area contributed by atoms with E-state index in [4.69, 9.17) is 0 Å². The number of H-pyrrole nitrogens is 1. The number of nitrogens with one attached hydrogen (secondary N) is 4. The fourth-order valence-corrected chi connectivity index (χ4v) is 3.02. The van der Waals surface area contributed by atoms with Crippen molar-refractivity contribution in [2.45, 2.75) is 25.8 Å². The van der Waals surface area contributed by atoms with Crippen molar-refractivity contribution in [2.24, 2.45) is 5.92 Å². The maximum atomic E-state index is 12.2. The van der Waals surface area contributed by atoms with Crippen LogP contribution >= 0.6 is 0 Å². The molecular weight excluding hydrogens is 306 g/mol. The first-order valence-electron chi connectivity index (χ1n) is 8.36. The first-order chi connectivity index (χ1) is 11.6. The Morgan fingerprint density at radius 1 is 1.33 bits per heavy atom. The molecule has 24 heavy (non-hydrogen) atoms. The van der Waals surface area contributed by atoms with Crippen LogP contribution in [0.3, 0.4) is 0 Å². The van der Waals surface area contributed by atoms with Gasteiger partial charge < -0.3 is 16.0 Å². The molecule has 2 atom stereocenters. The largest absolute Gasteiger partial charge is 0.353 e. The zero-order valence-corrected chi connectivity index (χ0v) is 13.8. The van der Waals surface area contributed by atoms with E-state index in [1.54, 1.807) is 0 Å². The number of rotatable bonds is 5. The fourth-order valence-electron chi connectivity index (χ4n) is 3.02. The van der Waals surface area contributed by atoms with Gasteiger partial charge in [-0.1, -0.05) is 25.1 Å². The van der Waals surface area contributed by atoms with E-state index in [0.717, 1.165) is 30.4 Å². The first kappa shape index (κ1) is 16.4. The molecular formula is C17H23N5O2. The van der Waals surface area contributed by atoms with Crippen LogP contribution in [0.15, 0.2) is 24.3 Å².